The average Bonchev–Trinajstić information content (AvgIpc) is 2.63. The van der Waals surface area contributed by atoms with Gasteiger partial charge in [-0.25, -0.2) is 22.0 Å². The molecule has 2 nitrogen and oxygen atoms in total. The predicted octanol–water partition coefficient (Wildman–Crippen LogP) is 6.76. The van der Waals surface area contributed by atoms with Crippen molar-refractivity contribution in [3.05, 3.63) is 34.6 Å². The molecule has 0 heterocycles. The molecule has 0 unspecified atom stereocenters. The molecule has 0 aliphatic carbocycles. The van der Waals surface area contributed by atoms with Crippen molar-refractivity contribution in [2.75, 3.05) is 6.61 Å². The van der Waals surface area contributed by atoms with Crippen LogP contribution in [0.1, 0.15) is 63.9 Å². The summed E-state index contributed by atoms with van der Waals surface area (Å²) in [7, 11) is -2.74. The SMILES string of the molecule is CCCCCCCCCCO[Si](C)(C)OCc1c(F)c(F)c(F)c(F)c1F. The summed E-state index contributed by atoms with van der Waals surface area (Å²) < 4.78 is 77.8. The minimum atomic E-state index is -2.74. The second kappa shape index (κ2) is 11.8. The molecule has 156 valence electrons. The Morgan fingerprint density at radius 2 is 1.07 bits per heavy atom. The Morgan fingerprint density at radius 3 is 1.59 bits per heavy atom. The van der Waals surface area contributed by atoms with Crippen molar-refractivity contribution in [2.24, 2.45) is 0 Å². The maximum absolute atomic E-state index is 13.7. The Morgan fingerprint density at radius 1 is 0.630 bits per heavy atom. The molecule has 0 bridgehead atoms. The number of hydrogen-bond acceptors (Lipinski definition) is 2. The standard InChI is InChI=1S/C19H29F5O2Si/c1-4-5-6-7-8-9-10-11-12-25-27(2,3)26-13-14-15(20)17(22)19(24)18(23)16(14)21/h4-13H2,1-3H3. The van der Waals surface area contributed by atoms with Gasteiger partial charge in [-0.1, -0.05) is 51.9 Å². The summed E-state index contributed by atoms with van der Waals surface area (Å²) in [6, 6.07) is 0. The van der Waals surface area contributed by atoms with E-state index in [1.54, 1.807) is 13.1 Å². The predicted molar refractivity (Wildman–Crippen MR) is 97.1 cm³/mol. The molecule has 0 spiro atoms. The molecule has 0 aliphatic heterocycles. The molecular formula is C19H29F5O2Si. The van der Waals surface area contributed by atoms with E-state index in [4.69, 9.17) is 8.85 Å². The third-order valence-corrected chi connectivity index (χ3v) is 6.05. The van der Waals surface area contributed by atoms with Gasteiger partial charge in [-0.15, -0.1) is 0 Å². The van der Waals surface area contributed by atoms with E-state index in [0.29, 0.717) is 6.61 Å². The fraction of sp³-hybridized carbons (Fsp3) is 0.684. The summed E-state index contributed by atoms with van der Waals surface area (Å²) in [6.07, 6.45) is 9.17. The summed E-state index contributed by atoms with van der Waals surface area (Å²) in [5.74, 6) is -9.83. The summed E-state index contributed by atoms with van der Waals surface area (Å²) >= 11 is 0. The molecule has 0 radical (unpaired) electrons. The highest BCUT2D eigenvalue weighted by molar-refractivity contribution is 6.64. The van der Waals surface area contributed by atoms with Crippen molar-refractivity contribution in [1.29, 1.82) is 0 Å². The molecule has 0 aliphatic rings. The second-order valence-corrected chi connectivity index (χ2v) is 10.4. The molecule has 0 saturated heterocycles. The lowest BCUT2D eigenvalue weighted by atomic mass is 10.1. The minimum Gasteiger partial charge on any atom is -0.395 e. The van der Waals surface area contributed by atoms with Gasteiger partial charge in [0.2, 0.25) is 5.82 Å². The van der Waals surface area contributed by atoms with Crippen LogP contribution in [0.4, 0.5) is 22.0 Å². The lowest BCUT2D eigenvalue weighted by molar-refractivity contribution is 0.163. The summed E-state index contributed by atoms with van der Waals surface area (Å²) in [5, 5.41) is 0. The fourth-order valence-corrected chi connectivity index (χ4v) is 3.83. The second-order valence-electron chi connectivity index (χ2n) is 7.06. The van der Waals surface area contributed by atoms with Gasteiger partial charge in [-0.3, -0.25) is 0 Å². The average molecular weight is 413 g/mol. The Bertz CT molecular complexity index is 567. The van der Waals surface area contributed by atoms with E-state index in [1.165, 1.54) is 32.1 Å². The summed E-state index contributed by atoms with van der Waals surface area (Å²) in [6.45, 7) is 5.25. The smallest absolute Gasteiger partial charge is 0.332 e. The lowest BCUT2D eigenvalue weighted by Gasteiger charge is -2.23. The van der Waals surface area contributed by atoms with Crippen LogP contribution in [0.5, 0.6) is 0 Å². The van der Waals surface area contributed by atoms with Crippen LogP contribution in [0, 0.1) is 29.1 Å². The van der Waals surface area contributed by atoms with E-state index in [1.807, 2.05) is 0 Å². The molecule has 0 saturated carbocycles. The first-order chi connectivity index (χ1) is 12.7. The number of hydrogen-bond donors (Lipinski definition) is 0. The largest absolute Gasteiger partial charge is 0.395 e. The molecular weight excluding hydrogens is 383 g/mol. The van der Waals surface area contributed by atoms with Crippen molar-refractivity contribution < 1.29 is 30.8 Å². The molecule has 1 aromatic rings. The number of halogens is 5. The van der Waals surface area contributed by atoms with E-state index >= 15 is 0 Å². The van der Waals surface area contributed by atoms with Crippen molar-refractivity contribution in [3.8, 4) is 0 Å². The van der Waals surface area contributed by atoms with Crippen LogP contribution >= 0.6 is 0 Å². The quantitative estimate of drug-likeness (QED) is 0.117. The van der Waals surface area contributed by atoms with Crippen molar-refractivity contribution >= 4 is 8.56 Å². The van der Waals surface area contributed by atoms with Crippen molar-refractivity contribution in [3.63, 3.8) is 0 Å². The molecule has 0 aromatic heterocycles. The molecule has 0 N–H and O–H groups in total. The third-order valence-electron chi connectivity index (χ3n) is 4.31. The van der Waals surface area contributed by atoms with Gasteiger partial charge in [-0.05, 0) is 19.5 Å². The Labute approximate surface area is 159 Å². The Hall–Kier alpha value is -0.993. The maximum atomic E-state index is 13.7. The molecule has 0 amide bonds. The summed E-state index contributed by atoms with van der Waals surface area (Å²) in [5.41, 5.74) is -0.970. The molecule has 8 heteroatoms. The zero-order valence-corrected chi connectivity index (χ0v) is 17.3. The van der Waals surface area contributed by atoms with Gasteiger partial charge < -0.3 is 8.85 Å². The van der Waals surface area contributed by atoms with Crippen LogP contribution in [0.3, 0.4) is 0 Å². The first-order valence-corrected chi connectivity index (χ1v) is 12.3. The van der Waals surface area contributed by atoms with E-state index < -0.39 is 49.8 Å². The van der Waals surface area contributed by atoms with Gasteiger partial charge in [0.1, 0.15) is 0 Å². The van der Waals surface area contributed by atoms with Crippen LogP contribution in [-0.2, 0) is 15.5 Å². The molecule has 0 atom stereocenters. The van der Waals surface area contributed by atoms with Crippen LogP contribution in [0.2, 0.25) is 13.1 Å². The summed E-state index contributed by atoms with van der Waals surface area (Å²) in [4.78, 5) is 0. The van der Waals surface area contributed by atoms with Crippen LogP contribution < -0.4 is 0 Å². The van der Waals surface area contributed by atoms with Gasteiger partial charge in [0.05, 0.1) is 12.2 Å². The third kappa shape index (κ3) is 7.87. The van der Waals surface area contributed by atoms with Gasteiger partial charge in [0.25, 0.3) is 0 Å². The highest BCUT2D eigenvalue weighted by atomic mass is 28.4. The molecule has 27 heavy (non-hydrogen) atoms. The lowest BCUT2D eigenvalue weighted by Crippen LogP contribution is -2.35. The topological polar surface area (TPSA) is 18.5 Å². The molecule has 0 fully saturated rings. The molecule has 1 rings (SSSR count). The van der Waals surface area contributed by atoms with E-state index in [-0.39, 0.29) is 0 Å². The number of benzene rings is 1. The fourth-order valence-electron chi connectivity index (χ4n) is 2.62. The first kappa shape index (κ1) is 24.0. The van der Waals surface area contributed by atoms with Crippen molar-refractivity contribution in [1.82, 2.24) is 0 Å². The van der Waals surface area contributed by atoms with Gasteiger partial charge in [0, 0.05) is 6.61 Å². The zero-order valence-electron chi connectivity index (χ0n) is 16.3. The normalized spacial score (nSPS) is 12.0. The zero-order chi connectivity index (χ0) is 20.4. The van der Waals surface area contributed by atoms with Gasteiger partial charge in [-0.2, -0.15) is 0 Å². The number of unbranched alkanes of at least 4 members (excludes halogenated alkanes) is 7. The van der Waals surface area contributed by atoms with Crippen LogP contribution in [0.15, 0.2) is 0 Å². The van der Waals surface area contributed by atoms with E-state index in [9.17, 15) is 22.0 Å². The van der Waals surface area contributed by atoms with Crippen LogP contribution in [-0.4, -0.2) is 15.2 Å². The van der Waals surface area contributed by atoms with E-state index in [2.05, 4.69) is 6.92 Å². The Balaban J connectivity index is 2.38. The highest BCUT2D eigenvalue weighted by Gasteiger charge is 2.29. The van der Waals surface area contributed by atoms with E-state index in [0.717, 1.165) is 19.3 Å². The first-order valence-electron chi connectivity index (χ1n) is 9.49. The monoisotopic (exact) mass is 412 g/mol. The Kier molecular flexibility index (Phi) is 10.5. The minimum absolute atomic E-state index is 0.450. The maximum Gasteiger partial charge on any atom is 0.332 e. The molecule has 1 aromatic carbocycles. The van der Waals surface area contributed by atoms with Crippen LogP contribution in [0.25, 0.3) is 0 Å². The van der Waals surface area contributed by atoms with Gasteiger partial charge >= 0.3 is 8.56 Å². The van der Waals surface area contributed by atoms with Crippen molar-refractivity contribution in [2.45, 2.75) is 78.0 Å². The number of rotatable bonds is 13. The highest BCUT2D eigenvalue weighted by Crippen LogP contribution is 2.24. The van der Waals surface area contributed by atoms with Gasteiger partial charge in [0.15, 0.2) is 23.3 Å².